The quantitative estimate of drug-likeness (QED) is 0.617. The predicted molar refractivity (Wildman–Crippen MR) is 119 cm³/mol. The molecule has 1 heterocycles. The summed E-state index contributed by atoms with van der Waals surface area (Å²) in [7, 11) is 0. The first-order valence-corrected chi connectivity index (χ1v) is 10.4. The van der Waals surface area contributed by atoms with Crippen molar-refractivity contribution in [3.8, 4) is 11.5 Å². The topological polar surface area (TPSA) is 59.1 Å². The van der Waals surface area contributed by atoms with Crippen molar-refractivity contribution in [3.63, 3.8) is 0 Å². The van der Waals surface area contributed by atoms with Gasteiger partial charge in [0.25, 0.3) is 11.8 Å². The molecule has 0 radical (unpaired) electrons. The van der Waals surface area contributed by atoms with Gasteiger partial charge in [0.2, 0.25) is 0 Å². The number of aryl methyl sites for hydroxylation is 1. The monoisotopic (exact) mass is 418 g/mol. The highest BCUT2D eigenvalue weighted by Crippen LogP contribution is 2.20. The van der Waals surface area contributed by atoms with Crippen LogP contribution in [-0.2, 0) is 9.59 Å². The second kappa shape index (κ2) is 9.51. The molecular weight excluding hydrogens is 392 g/mol. The van der Waals surface area contributed by atoms with Gasteiger partial charge in [-0.05, 0) is 42.0 Å². The average Bonchev–Trinajstić information content (AvgIpc) is 2.82. The maximum atomic E-state index is 12.5. The number of fused-ring (bicyclic) bond motifs is 1. The lowest BCUT2D eigenvalue weighted by molar-refractivity contribution is -0.141. The molecule has 31 heavy (non-hydrogen) atoms. The molecule has 1 saturated heterocycles. The second-order valence-electron chi connectivity index (χ2n) is 7.66. The van der Waals surface area contributed by atoms with E-state index in [1.165, 1.54) is 0 Å². The van der Waals surface area contributed by atoms with E-state index in [0.29, 0.717) is 37.7 Å². The van der Waals surface area contributed by atoms with E-state index in [0.717, 1.165) is 16.3 Å². The average molecular weight is 418 g/mol. The van der Waals surface area contributed by atoms with Gasteiger partial charge in [-0.2, -0.15) is 0 Å². The number of carbonyl (C=O) groups is 2. The van der Waals surface area contributed by atoms with Crippen LogP contribution in [0.1, 0.15) is 5.56 Å². The van der Waals surface area contributed by atoms with Gasteiger partial charge in [-0.1, -0.05) is 48.0 Å². The molecule has 1 aliphatic heterocycles. The molecule has 2 amide bonds. The van der Waals surface area contributed by atoms with E-state index >= 15 is 0 Å². The van der Waals surface area contributed by atoms with Crippen LogP contribution in [0.25, 0.3) is 10.8 Å². The van der Waals surface area contributed by atoms with Crippen LogP contribution in [0.15, 0.2) is 66.7 Å². The number of hydrogen-bond acceptors (Lipinski definition) is 4. The molecular formula is C25H26N2O4. The van der Waals surface area contributed by atoms with Crippen LogP contribution in [0.3, 0.4) is 0 Å². The summed E-state index contributed by atoms with van der Waals surface area (Å²) < 4.78 is 11.3. The minimum atomic E-state index is -0.0730. The van der Waals surface area contributed by atoms with Gasteiger partial charge < -0.3 is 19.3 Å². The minimum absolute atomic E-state index is 0.00207. The summed E-state index contributed by atoms with van der Waals surface area (Å²) in [5, 5.41) is 2.21. The zero-order chi connectivity index (χ0) is 21.6. The van der Waals surface area contributed by atoms with Crippen LogP contribution in [0.2, 0.25) is 0 Å². The lowest BCUT2D eigenvalue weighted by Gasteiger charge is -2.34. The summed E-state index contributed by atoms with van der Waals surface area (Å²) in [6, 6.07) is 21.4. The Morgan fingerprint density at radius 3 is 1.84 bits per heavy atom. The normalized spacial score (nSPS) is 13.8. The van der Waals surface area contributed by atoms with Crippen molar-refractivity contribution in [2.24, 2.45) is 0 Å². The molecule has 0 aliphatic carbocycles. The number of piperazine rings is 1. The molecule has 0 spiro atoms. The summed E-state index contributed by atoms with van der Waals surface area (Å²) in [4.78, 5) is 28.4. The van der Waals surface area contributed by atoms with Gasteiger partial charge in [-0.25, -0.2) is 0 Å². The molecule has 0 N–H and O–H groups in total. The smallest absolute Gasteiger partial charge is 0.260 e. The summed E-state index contributed by atoms with van der Waals surface area (Å²) in [6.45, 7) is 3.98. The van der Waals surface area contributed by atoms with Gasteiger partial charge in [0, 0.05) is 26.2 Å². The van der Waals surface area contributed by atoms with Crippen molar-refractivity contribution in [2.75, 3.05) is 39.4 Å². The van der Waals surface area contributed by atoms with Crippen LogP contribution in [0, 0.1) is 6.92 Å². The van der Waals surface area contributed by atoms with Gasteiger partial charge >= 0.3 is 0 Å². The highest BCUT2D eigenvalue weighted by atomic mass is 16.5. The fourth-order valence-electron chi connectivity index (χ4n) is 3.57. The fraction of sp³-hybridized carbons (Fsp3) is 0.280. The first-order valence-electron chi connectivity index (χ1n) is 10.4. The van der Waals surface area contributed by atoms with Crippen molar-refractivity contribution < 1.29 is 19.1 Å². The lowest BCUT2D eigenvalue weighted by Crippen LogP contribution is -2.52. The van der Waals surface area contributed by atoms with E-state index in [1.54, 1.807) is 9.80 Å². The van der Waals surface area contributed by atoms with Crippen molar-refractivity contribution in [3.05, 3.63) is 72.3 Å². The van der Waals surface area contributed by atoms with Crippen molar-refractivity contribution >= 4 is 22.6 Å². The second-order valence-corrected chi connectivity index (χ2v) is 7.66. The van der Waals surface area contributed by atoms with Gasteiger partial charge in [0.05, 0.1) is 0 Å². The Balaban J connectivity index is 1.21. The fourth-order valence-corrected chi connectivity index (χ4v) is 3.57. The highest BCUT2D eigenvalue weighted by Gasteiger charge is 2.24. The number of hydrogen-bond donors (Lipinski definition) is 0. The van der Waals surface area contributed by atoms with Crippen LogP contribution in [0.4, 0.5) is 0 Å². The van der Waals surface area contributed by atoms with Gasteiger partial charge in [0.1, 0.15) is 11.5 Å². The van der Waals surface area contributed by atoms with Gasteiger partial charge in [-0.3, -0.25) is 9.59 Å². The summed E-state index contributed by atoms with van der Waals surface area (Å²) in [5.74, 6) is 1.21. The Morgan fingerprint density at radius 1 is 0.710 bits per heavy atom. The number of ether oxygens (including phenoxy) is 2. The van der Waals surface area contributed by atoms with Crippen LogP contribution >= 0.6 is 0 Å². The van der Waals surface area contributed by atoms with E-state index in [2.05, 4.69) is 0 Å². The zero-order valence-electron chi connectivity index (χ0n) is 17.6. The van der Waals surface area contributed by atoms with Crippen molar-refractivity contribution in [1.82, 2.24) is 9.80 Å². The molecule has 1 aliphatic rings. The van der Waals surface area contributed by atoms with Crippen LogP contribution in [0.5, 0.6) is 11.5 Å². The molecule has 0 unspecified atom stereocenters. The van der Waals surface area contributed by atoms with E-state index in [-0.39, 0.29) is 25.0 Å². The largest absolute Gasteiger partial charge is 0.484 e. The molecule has 1 fully saturated rings. The number of rotatable bonds is 6. The molecule has 0 saturated carbocycles. The first kappa shape index (κ1) is 20.7. The summed E-state index contributed by atoms with van der Waals surface area (Å²) in [6.07, 6.45) is 0. The molecule has 0 bridgehead atoms. The standard InChI is InChI=1S/C25H26N2O4/c1-19-6-9-22(10-7-19)30-17-24(28)26-12-14-27(15-13-26)25(29)18-31-23-11-8-20-4-2-3-5-21(20)16-23/h2-11,16H,12-15,17-18H2,1H3. The Bertz CT molecular complexity index is 1060. The van der Waals surface area contributed by atoms with E-state index in [9.17, 15) is 9.59 Å². The SMILES string of the molecule is Cc1ccc(OCC(=O)N2CCN(C(=O)COc3ccc4ccccc4c3)CC2)cc1. The maximum absolute atomic E-state index is 12.5. The molecule has 4 rings (SSSR count). The van der Waals surface area contributed by atoms with Crippen LogP contribution < -0.4 is 9.47 Å². The third-order valence-corrected chi connectivity index (χ3v) is 5.45. The summed E-state index contributed by atoms with van der Waals surface area (Å²) in [5.41, 5.74) is 1.14. The number of amides is 2. The third kappa shape index (κ3) is 5.34. The van der Waals surface area contributed by atoms with E-state index < -0.39 is 0 Å². The molecule has 3 aromatic rings. The predicted octanol–water partition coefficient (Wildman–Crippen LogP) is 3.28. The molecule has 6 nitrogen and oxygen atoms in total. The molecule has 3 aromatic carbocycles. The Morgan fingerprint density at radius 2 is 1.23 bits per heavy atom. The molecule has 0 atom stereocenters. The van der Waals surface area contributed by atoms with Crippen molar-refractivity contribution in [2.45, 2.75) is 6.92 Å². The highest BCUT2D eigenvalue weighted by molar-refractivity contribution is 5.84. The zero-order valence-corrected chi connectivity index (χ0v) is 17.6. The molecule has 0 aromatic heterocycles. The third-order valence-electron chi connectivity index (χ3n) is 5.45. The first-order chi connectivity index (χ1) is 15.1. The minimum Gasteiger partial charge on any atom is -0.484 e. The maximum Gasteiger partial charge on any atom is 0.260 e. The number of benzene rings is 3. The number of nitrogens with zero attached hydrogens (tertiary/aromatic N) is 2. The van der Waals surface area contributed by atoms with Crippen molar-refractivity contribution in [1.29, 1.82) is 0 Å². The van der Waals surface area contributed by atoms with Gasteiger partial charge in [0.15, 0.2) is 13.2 Å². The Labute approximate surface area is 182 Å². The van der Waals surface area contributed by atoms with E-state index in [4.69, 9.17) is 9.47 Å². The lowest BCUT2D eigenvalue weighted by atomic mass is 10.1. The summed E-state index contributed by atoms with van der Waals surface area (Å²) >= 11 is 0. The van der Waals surface area contributed by atoms with Crippen LogP contribution in [-0.4, -0.2) is 61.0 Å². The van der Waals surface area contributed by atoms with Gasteiger partial charge in [-0.15, -0.1) is 0 Å². The van der Waals surface area contributed by atoms with E-state index in [1.807, 2.05) is 73.7 Å². The molecule has 160 valence electrons. The molecule has 6 heteroatoms. The Kier molecular flexibility index (Phi) is 6.36. The number of carbonyl (C=O) groups excluding carboxylic acids is 2. The Hall–Kier alpha value is -3.54.